The maximum atomic E-state index is 13.5. The Morgan fingerprint density at radius 1 is 1.06 bits per heavy atom. The summed E-state index contributed by atoms with van der Waals surface area (Å²) in [6.07, 6.45) is -9.04. The second-order valence-corrected chi connectivity index (χ2v) is 6.39. The van der Waals surface area contributed by atoms with Gasteiger partial charge in [0.1, 0.15) is 5.75 Å². The van der Waals surface area contributed by atoms with Gasteiger partial charge in [-0.05, 0) is 42.5 Å². The lowest BCUT2D eigenvalue weighted by Gasteiger charge is -2.12. The van der Waals surface area contributed by atoms with Crippen LogP contribution in [0.4, 0.5) is 32.0 Å². The zero-order valence-electron chi connectivity index (χ0n) is 16.5. The summed E-state index contributed by atoms with van der Waals surface area (Å²) in [5.74, 6) is -2.01. The Labute approximate surface area is 181 Å². The summed E-state index contributed by atoms with van der Waals surface area (Å²) < 4.78 is 84.5. The monoisotopic (exact) mass is 473 g/mol. The van der Waals surface area contributed by atoms with Crippen LogP contribution in [0.2, 0.25) is 0 Å². The summed E-state index contributed by atoms with van der Waals surface area (Å²) in [5, 5.41) is 20.3. The van der Waals surface area contributed by atoms with Crippen molar-refractivity contribution in [2.45, 2.75) is 12.4 Å². The summed E-state index contributed by atoms with van der Waals surface area (Å²) in [4.78, 5) is 10.6. The number of nitrogens with one attached hydrogen (secondary N) is 1. The molecule has 8 nitrogen and oxygen atoms in total. The van der Waals surface area contributed by atoms with Crippen molar-refractivity contribution in [3.05, 3.63) is 82.1 Å². The molecule has 2 aromatic carbocycles. The number of hydrogen-bond acceptors (Lipinski definition) is 6. The topological polar surface area (TPSA) is 95.1 Å². The molecule has 0 unspecified atom stereocenters. The van der Waals surface area contributed by atoms with Crippen molar-refractivity contribution in [1.82, 2.24) is 14.8 Å². The number of aromatic nitrogens is 3. The van der Waals surface area contributed by atoms with E-state index >= 15 is 0 Å². The first-order valence-electron chi connectivity index (χ1n) is 8.87. The Hall–Kier alpha value is -4.10. The van der Waals surface area contributed by atoms with E-state index in [9.17, 15) is 36.5 Å². The van der Waals surface area contributed by atoms with Crippen LogP contribution in [0.25, 0.3) is 11.4 Å². The van der Waals surface area contributed by atoms with Crippen molar-refractivity contribution in [3.63, 3.8) is 0 Å². The van der Waals surface area contributed by atoms with Gasteiger partial charge in [0.25, 0.3) is 0 Å². The molecule has 1 N–H and O–H groups in total. The van der Waals surface area contributed by atoms with Crippen molar-refractivity contribution in [2.24, 2.45) is 0 Å². The lowest BCUT2D eigenvalue weighted by atomic mass is 10.2. The van der Waals surface area contributed by atoms with Crippen molar-refractivity contribution < 1.29 is 36.0 Å². The fourth-order valence-electron chi connectivity index (χ4n) is 2.75. The molecule has 0 saturated carbocycles. The molecule has 0 atom stereocenters. The summed E-state index contributed by atoms with van der Waals surface area (Å²) in [6.45, 7) is 0. The van der Waals surface area contributed by atoms with E-state index in [1.807, 2.05) is 0 Å². The maximum Gasteiger partial charge on any atom is 0.452 e. The number of methoxy groups -OCH3 is 1. The molecule has 0 fully saturated rings. The molecule has 0 amide bonds. The molecule has 3 aromatic rings. The zero-order chi connectivity index (χ0) is 24.4. The molecule has 0 spiro atoms. The number of alkyl halides is 6. The van der Waals surface area contributed by atoms with Crippen LogP contribution < -0.4 is 10.1 Å². The number of hydrogen-bond donors (Lipinski definition) is 1. The van der Waals surface area contributed by atoms with Crippen molar-refractivity contribution in [1.29, 1.82) is 0 Å². The van der Waals surface area contributed by atoms with Crippen molar-refractivity contribution >= 4 is 11.4 Å². The molecule has 0 aliphatic heterocycles. The fraction of sp³-hybridized carbons (Fsp3) is 0.158. The lowest BCUT2D eigenvalue weighted by molar-refractivity contribution is -0.376. The minimum Gasteiger partial charge on any atom is -0.497 e. The van der Waals surface area contributed by atoms with Gasteiger partial charge in [-0.1, -0.05) is 6.07 Å². The molecular weight excluding hydrogens is 460 g/mol. The highest BCUT2D eigenvalue weighted by molar-refractivity contribution is 5.60. The number of benzene rings is 2. The molecule has 0 aliphatic rings. The van der Waals surface area contributed by atoms with Crippen LogP contribution in [0.5, 0.6) is 5.75 Å². The van der Waals surface area contributed by atoms with Crippen LogP contribution in [0, 0.1) is 10.1 Å². The SMILES string of the molecule is COc1ccc(-n2c(/C(=C/Nc3cccc(C(F)(F)F)c3)[N+](=O)[O-])nnc2C(F)(F)F)cc1. The number of rotatable bonds is 6. The second-order valence-electron chi connectivity index (χ2n) is 6.39. The summed E-state index contributed by atoms with van der Waals surface area (Å²) in [5.41, 5.74) is -2.33. The number of nitrogens with zero attached hydrogens (tertiary/aromatic N) is 4. The molecule has 1 aromatic heterocycles. The first-order chi connectivity index (χ1) is 15.4. The lowest BCUT2D eigenvalue weighted by Crippen LogP contribution is -2.16. The van der Waals surface area contributed by atoms with Crippen LogP contribution in [-0.4, -0.2) is 26.8 Å². The first-order valence-corrected chi connectivity index (χ1v) is 8.87. The number of anilines is 1. The average molecular weight is 473 g/mol. The summed E-state index contributed by atoms with van der Waals surface area (Å²) >= 11 is 0. The Kier molecular flexibility index (Phi) is 6.28. The van der Waals surface area contributed by atoms with E-state index in [1.165, 1.54) is 37.4 Å². The Balaban J connectivity index is 2.10. The van der Waals surface area contributed by atoms with Crippen LogP contribution in [-0.2, 0) is 12.4 Å². The largest absolute Gasteiger partial charge is 0.497 e. The van der Waals surface area contributed by atoms with Crippen LogP contribution in [0.3, 0.4) is 0 Å². The third-order valence-corrected chi connectivity index (χ3v) is 4.24. The van der Waals surface area contributed by atoms with Gasteiger partial charge in [-0.25, -0.2) is 0 Å². The van der Waals surface area contributed by atoms with Gasteiger partial charge in [0.05, 0.1) is 23.8 Å². The van der Waals surface area contributed by atoms with E-state index in [1.54, 1.807) is 0 Å². The number of ether oxygens (including phenoxy) is 1. The molecule has 3 rings (SSSR count). The minimum atomic E-state index is -5.01. The Bertz CT molecular complexity index is 1190. The van der Waals surface area contributed by atoms with Gasteiger partial charge in [0.15, 0.2) is 0 Å². The molecular formula is C19H13F6N5O3. The van der Waals surface area contributed by atoms with Gasteiger partial charge >= 0.3 is 18.0 Å². The predicted octanol–water partition coefficient (Wildman–Crippen LogP) is 5.00. The van der Waals surface area contributed by atoms with Gasteiger partial charge in [-0.3, -0.25) is 14.7 Å². The Morgan fingerprint density at radius 3 is 2.27 bits per heavy atom. The molecule has 0 radical (unpaired) electrons. The highest BCUT2D eigenvalue weighted by Gasteiger charge is 2.41. The van der Waals surface area contributed by atoms with Gasteiger partial charge in [0, 0.05) is 11.4 Å². The standard InChI is InChI=1S/C19H13F6N5O3/c1-33-14-7-5-13(6-8-14)29-16(27-28-17(29)19(23,24)25)15(30(31)32)10-26-12-4-2-3-11(9-12)18(20,21)22/h2-10,26H,1H3/b15-10-. The van der Waals surface area contributed by atoms with E-state index in [0.29, 0.717) is 22.6 Å². The van der Waals surface area contributed by atoms with E-state index in [0.717, 1.165) is 12.1 Å². The minimum absolute atomic E-state index is 0.157. The van der Waals surface area contributed by atoms with Crippen LogP contribution in [0.15, 0.2) is 54.7 Å². The predicted molar refractivity (Wildman–Crippen MR) is 103 cm³/mol. The second kappa shape index (κ2) is 8.80. The smallest absolute Gasteiger partial charge is 0.452 e. The quantitative estimate of drug-likeness (QED) is 0.308. The molecule has 0 saturated heterocycles. The fourth-order valence-corrected chi connectivity index (χ4v) is 2.75. The van der Waals surface area contributed by atoms with Gasteiger partial charge in [-0.15, -0.1) is 10.2 Å². The maximum absolute atomic E-state index is 13.5. The normalized spacial score (nSPS) is 12.5. The molecule has 14 heteroatoms. The van der Waals surface area contributed by atoms with Crippen molar-refractivity contribution in [3.8, 4) is 11.4 Å². The number of nitro groups is 1. The van der Waals surface area contributed by atoms with Crippen molar-refractivity contribution in [2.75, 3.05) is 12.4 Å². The van der Waals surface area contributed by atoms with E-state index in [2.05, 4.69) is 15.5 Å². The highest BCUT2D eigenvalue weighted by atomic mass is 19.4. The molecule has 33 heavy (non-hydrogen) atoms. The highest BCUT2D eigenvalue weighted by Crippen LogP contribution is 2.33. The van der Waals surface area contributed by atoms with Crippen LogP contribution >= 0.6 is 0 Å². The number of halogens is 6. The van der Waals surface area contributed by atoms with Gasteiger partial charge in [-0.2, -0.15) is 26.3 Å². The third-order valence-electron chi connectivity index (χ3n) is 4.24. The molecule has 174 valence electrons. The molecule has 1 heterocycles. The van der Waals surface area contributed by atoms with Crippen LogP contribution in [0.1, 0.15) is 17.2 Å². The van der Waals surface area contributed by atoms with Gasteiger partial charge in [0.2, 0.25) is 11.6 Å². The van der Waals surface area contributed by atoms with E-state index < -0.39 is 40.2 Å². The Morgan fingerprint density at radius 2 is 1.73 bits per heavy atom. The zero-order valence-corrected chi connectivity index (χ0v) is 16.5. The molecule has 0 aliphatic carbocycles. The van der Waals surface area contributed by atoms with Gasteiger partial charge < -0.3 is 10.1 Å². The third kappa shape index (κ3) is 5.22. The summed E-state index contributed by atoms with van der Waals surface area (Å²) in [7, 11) is 1.34. The molecule has 0 bridgehead atoms. The van der Waals surface area contributed by atoms with E-state index in [4.69, 9.17) is 4.74 Å². The first kappa shape index (κ1) is 23.6. The average Bonchev–Trinajstić information content (AvgIpc) is 3.19. The van der Waals surface area contributed by atoms with E-state index in [-0.39, 0.29) is 11.4 Å². The summed E-state index contributed by atoms with van der Waals surface area (Å²) in [6, 6.07) is 8.80.